The third kappa shape index (κ3) is 1.76. The summed E-state index contributed by atoms with van der Waals surface area (Å²) in [6, 6.07) is 1.54. The summed E-state index contributed by atoms with van der Waals surface area (Å²) in [5, 5.41) is 3.72. The van der Waals surface area contributed by atoms with Crippen LogP contribution in [0.2, 0.25) is 0 Å². The fourth-order valence-electron chi connectivity index (χ4n) is 1.80. The summed E-state index contributed by atoms with van der Waals surface area (Å²) in [4.78, 5) is 4.03. The first kappa shape index (κ1) is 11.7. The van der Waals surface area contributed by atoms with E-state index in [1.807, 2.05) is 0 Å². The second kappa shape index (κ2) is 4.39. The van der Waals surface area contributed by atoms with Crippen LogP contribution in [0.15, 0.2) is 10.6 Å². The lowest BCUT2D eigenvalue weighted by Gasteiger charge is -2.08. The van der Waals surface area contributed by atoms with Gasteiger partial charge in [0.1, 0.15) is 0 Å². The smallest absolute Gasteiger partial charge is 0.240 e. The van der Waals surface area contributed by atoms with Crippen molar-refractivity contribution in [2.24, 2.45) is 5.73 Å². The molecule has 2 aromatic rings. The van der Waals surface area contributed by atoms with Gasteiger partial charge in [0, 0.05) is 0 Å². The molecule has 19 heavy (non-hydrogen) atoms. The molecule has 1 aliphatic heterocycles. The van der Waals surface area contributed by atoms with Crippen LogP contribution in [0, 0.1) is 5.82 Å². The van der Waals surface area contributed by atoms with Crippen LogP contribution < -0.4 is 19.9 Å². The van der Waals surface area contributed by atoms with E-state index < -0.39 is 5.82 Å². The zero-order valence-corrected chi connectivity index (χ0v) is 9.97. The summed E-state index contributed by atoms with van der Waals surface area (Å²) in [6.07, 6.45) is 0. The Balaban J connectivity index is 2.17. The first-order chi connectivity index (χ1) is 9.24. The molecule has 7 nitrogen and oxygen atoms in total. The molecule has 0 unspecified atom stereocenters. The number of benzene rings is 1. The van der Waals surface area contributed by atoms with E-state index in [0.717, 1.165) is 0 Å². The van der Waals surface area contributed by atoms with E-state index in [2.05, 4.69) is 10.1 Å². The molecule has 100 valence electrons. The fraction of sp³-hybridized carbons (Fsp3) is 0.273. The summed E-state index contributed by atoms with van der Waals surface area (Å²) in [5.74, 6) is 0.0142. The van der Waals surface area contributed by atoms with Gasteiger partial charge in [0.2, 0.25) is 30.1 Å². The number of ether oxygens (including phenoxy) is 3. The van der Waals surface area contributed by atoms with E-state index in [1.165, 1.54) is 13.2 Å². The van der Waals surface area contributed by atoms with Gasteiger partial charge < -0.3 is 24.5 Å². The quantitative estimate of drug-likeness (QED) is 0.889. The molecule has 0 aliphatic carbocycles. The van der Waals surface area contributed by atoms with Gasteiger partial charge in [0.25, 0.3) is 0 Å². The molecule has 8 heteroatoms. The van der Waals surface area contributed by atoms with Gasteiger partial charge in [-0.2, -0.15) is 9.37 Å². The molecule has 0 spiro atoms. The molecular formula is C11H10FN3O4. The Labute approximate surface area is 107 Å². The van der Waals surface area contributed by atoms with Crippen LogP contribution in [0.1, 0.15) is 5.89 Å². The number of nitrogens with two attached hydrogens (primary N) is 1. The largest absolute Gasteiger partial charge is 0.493 e. The van der Waals surface area contributed by atoms with E-state index in [-0.39, 0.29) is 42.3 Å². The van der Waals surface area contributed by atoms with Crippen molar-refractivity contribution in [3.05, 3.63) is 17.8 Å². The number of halogens is 1. The average molecular weight is 267 g/mol. The summed E-state index contributed by atoms with van der Waals surface area (Å²) in [6.45, 7) is 0.0570. The maximum absolute atomic E-state index is 14.2. The van der Waals surface area contributed by atoms with E-state index in [9.17, 15) is 4.39 Å². The van der Waals surface area contributed by atoms with Crippen molar-refractivity contribution in [3.8, 4) is 28.6 Å². The van der Waals surface area contributed by atoms with Gasteiger partial charge in [-0.25, -0.2) is 0 Å². The molecule has 0 saturated heterocycles. The number of aromatic nitrogens is 2. The van der Waals surface area contributed by atoms with Crippen LogP contribution in [-0.2, 0) is 6.54 Å². The molecule has 1 aliphatic rings. The highest BCUT2D eigenvalue weighted by Gasteiger charge is 2.27. The Morgan fingerprint density at radius 3 is 3.00 bits per heavy atom. The minimum Gasteiger partial charge on any atom is -0.493 e. The number of hydrogen-bond acceptors (Lipinski definition) is 7. The van der Waals surface area contributed by atoms with E-state index in [4.69, 9.17) is 24.5 Å². The van der Waals surface area contributed by atoms with Crippen molar-refractivity contribution < 1.29 is 23.1 Å². The third-order valence-corrected chi connectivity index (χ3v) is 2.65. The van der Waals surface area contributed by atoms with Crippen LogP contribution in [0.25, 0.3) is 11.4 Å². The maximum atomic E-state index is 14.2. The van der Waals surface area contributed by atoms with Crippen molar-refractivity contribution in [2.45, 2.75) is 6.54 Å². The van der Waals surface area contributed by atoms with Gasteiger partial charge >= 0.3 is 0 Å². The molecule has 2 N–H and O–H groups in total. The van der Waals surface area contributed by atoms with E-state index >= 15 is 0 Å². The van der Waals surface area contributed by atoms with Crippen LogP contribution in [0.4, 0.5) is 4.39 Å². The van der Waals surface area contributed by atoms with Crippen molar-refractivity contribution in [1.29, 1.82) is 0 Å². The normalized spacial score (nSPS) is 12.8. The van der Waals surface area contributed by atoms with Gasteiger partial charge in [-0.15, -0.1) is 0 Å². The Bertz CT molecular complexity index is 629. The molecule has 0 bridgehead atoms. The molecule has 0 atom stereocenters. The van der Waals surface area contributed by atoms with Gasteiger partial charge in [-0.05, 0) is 6.07 Å². The van der Waals surface area contributed by atoms with Crippen LogP contribution in [0.3, 0.4) is 0 Å². The Morgan fingerprint density at radius 2 is 2.32 bits per heavy atom. The molecular weight excluding hydrogens is 257 g/mol. The first-order valence-corrected chi connectivity index (χ1v) is 5.43. The highest BCUT2D eigenvalue weighted by molar-refractivity contribution is 5.70. The molecule has 0 amide bonds. The van der Waals surface area contributed by atoms with E-state index in [1.54, 1.807) is 0 Å². The Hall–Kier alpha value is -2.35. The highest BCUT2D eigenvalue weighted by Crippen LogP contribution is 2.44. The predicted octanol–water partition coefficient (Wildman–Crippen LogP) is 1.07. The number of fused-ring (bicyclic) bond motifs is 1. The van der Waals surface area contributed by atoms with Crippen molar-refractivity contribution >= 4 is 0 Å². The molecule has 1 aromatic heterocycles. The van der Waals surface area contributed by atoms with Gasteiger partial charge in [0.05, 0.1) is 19.2 Å². The molecule has 1 aromatic carbocycles. The standard InChI is InChI=1S/C11H10FN3O4/c1-16-9-5(11-14-7(3-13)19-15-11)2-6-10(8(9)12)18-4-17-6/h2H,3-4,13H2,1H3. The molecule has 0 radical (unpaired) electrons. The lowest BCUT2D eigenvalue weighted by molar-refractivity contribution is 0.170. The maximum Gasteiger partial charge on any atom is 0.240 e. The van der Waals surface area contributed by atoms with Gasteiger partial charge in [-0.1, -0.05) is 5.16 Å². The molecule has 0 fully saturated rings. The van der Waals surface area contributed by atoms with Crippen molar-refractivity contribution in [1.82, 2.24) is 10.1 Å². The summed E-state index contributed by atoms with van der Waals surface area (Å²) in [7, 11) is 1.34. The number of nitrogens with zero attached hydrogens (tertiary/aromatic N) is 2. The SMILES string of the molecule is COc1c(-c2noc(CN)n2)cc2c(c1F)OCO2. The van der Waals surface area contributed by atoms with Gasteiger partial charge in [-0.3, -0.25) is 0 Å². The number of hydrogen-bond donors (Lipinski definition) is 1. The molecule has 3 rings (SSSR count). The van der Waals surface area contributed by atoms with Crippen LogP contribution in [-0.4, -0.2) is 24.0 Å². The van der Waals surface area contributed by atoms with Crippen molar-refractivity contribution in [3.63, 3.8) is 0 Å². The number of methoxy groups -OCH3 is 1. The Kier molecular flexibility index (Phi) is 2.71. The fourth-order valence-corrected chi connectivity index (χ4v) is 1.80. The summed E-state index contributed by atoms with van der Waals surface area (Å²) >= 11 is 0. The lowest BCUT2D eigenvalue weighted by atomic mass is 10.1. The summed E-state index contributed by atoms with van der Waals surface area (Å²) in [5.41, 5.74) is 5.70. The molecule has 0 saturated carbocycles. The second-order valence-electron chi connectivity index (χ2n) is 3.72. The highest BCUT2D eigenvalue weighted by atomic mass is 19.1. The third-order valence-electron chi connectivity index (χ3n) is 2.65. The first-order valence-electron chi connectivity index (χ1n) is 5.43. The minimum atomic E-state index is -0.661. The second-order valence-corrected chi connectivity index (χ2v) is 3.72. The van der Waals surface area contributed by atoms with Crippen molar-refractivity contribution in [2.75, 3.05) is 13.9 Å². The number of rotatable bonds is 3. The molecule has 2 heterocycles. The van der Waals surface area contributed by atoms with Crippen LogP contribution in [0.5, 0.6) is 17.2 Å². The zero-order chi connectivity index (χ0) is 13.4. The average Bonchev–Trinajstić information content (AvgIpc) is 3.07. The minimum absolute atomic E-state index is 0.0168. The van der Waals surface area contributed by atoms with Crippen LogP contribution >= 0.6 is 0 Å². The topological polar surface area (TPSA) is 92.6 Å². The summed E-state index contributed by atoms with van der Waals surface area (Å²) < 4.78 is 34.3. The Morgan fingerprint density at radius 1 is 1.47 bits per heavy atom. The zero-order valence-electron chi connectivity index (χ0n) is 9.97. The van der Waals surface area contributed by atoms with Gasteiger partial charge in [0.15, 0.2) is 11.5 Å². The monoisotopic (exact) mass is 267 g/mol. The van der Waals surface area contributed by atoms with E-state index in [0.29, 0.717) is 5.56 Å². The predicted molar refractivity (Wildman–Crippen MR) is 60.3 cm³/mol. The lowest BCUT2D eigenvalue weighted by Crippen LogP contribution is -1.97.